The molecule has 0 saturated heterocycles. The van der Waals surface area contributed by atoms with E-state index < -0.39 is 0 Å². The maximum atomic E-state index is 11.0. The van der Waals surface area contributed by atoms with Gasteiger partial charge in [0, 0.05) is 13.6 Å². The Morgan fingerprint density at radius 3 is 2.50 bits per heavy atom. The number of methoxy groups -OCH3 is 1. The zero-order valence-electron chi connectivity index (χ0n) is 8.23. The fourth-order valence-corrected chi connectivity index (χ4v) is 1.10. The molecule has 0 heterocycles. The third-order valence-electron chi connectivity index (χ3n) is 1.84. The molecule has 4 heteroatoms. The van der Waals surface area contributed by atoms with Crippen molar-refractivity contribution in [2.45, 2.75) is 6.54 Å². The molecule has 4 nitrogen and oxygen atoms in total. The van der Waals surface area contributed by atoms with Crippen LogP contribution in [0.5, 0.6) is 5.75 Å². The molecule has 0 atom stereocenters. The van der Waals surface area contributed by atoms with Crippen LogP contribution in [0.25, 0.3) is 0 Å². The third-order valence-corrected chi connectivity index (χ3v) is 1.84. The van der Waals surface area contributed by atoms with E-state index in [1.54, 1.807) is 31.3 Å². The first-order chi connectivity index (χ1) is 6.63. The molecule has 1 amide bonds. The topological polar surface area (TPSA) is 49.8 Å². The fraction of sp³-hybridized carbons (Fsp3) is 0.300. The highest BCUT2D eigenvalue weighted by atomic mass is 16.5. The van der Waals surface area contributed by atoms with Gasteiger partial charge < -0.3 is 14.7 Å². The predicted molar refractivity (Wildman–Crippen MR) is 52.0 cm³/mol. The molecule has 0 aliphatic rings. The van der Waals surface area contributed by atoms with Crippen LogP contribution in [-0.4, -0.2) is 30.3 Å². The smallest absolute Gasteiger partial charge is 0.409 e. The molecule has 0 bridgehead atoms. The Labute approximate surface area is 82.7 Å². The van der Waals surface area contributed by atoms with E-state index in [4.69, 9.17) is 5.11 Å². The van der Waals surface area contributed by atoms with Crippen LogP contribution >= 0.6 is 0 Å². The summed E-state index contributed by atoms with van der Waals surface area (Å²) in [5, 5.41) is 9.04. The Bertz CT molecular complexity index is 308. The summed E-state index contributed by atoms with van der Waals surface area (Å²) in [6.07, 6.45) is -0.377. The van der Waals surface area contributed by atoms with Crippen molar-refractivity contribution >= 4 is 6.09 Å². The lowest BCUT2D eigenvalue weighted by Crippen LogP contribution is -2.25. The monoisotopic (exact) mass is 195 g/mol. The number of rotatable bonds is 2. The number of amides is 1. The molecule has 0 saturated carbocycles. The van der Waals surface area contributed by atoms with Gasteiger partial charge in [-0.2, -0.15) is 0 Å². The van der Waals surface area contributed by atoms with Crippen molar-refractivity contribution in [3.8, 4) is 5.75 Å². The summed E-state index contributed by atoms with van der Waals surface area (Å²) in [5.74, 6) is 0.217. The van der Waals surface area contributed by atoms with Gasteiger partial charge in [-0.3, -0.25) is 0 Å². The van der Waals surface area contributed by atoms with Crippen LogP contribution in [0, 0.1) is 0 Å². The van der Waals surface area contributed by atoms with Gasteiger partial charge in [-0.1, -0.05) is 12.1 Å². The zero-order chi connectivity index (χ0) is 10.6. The molecule has 0 unspecified atom stereocenters. The Balaban J connectivity index is 2.60. The lowest BCUT2D eigenvalue weighted by atomic mass is 10.2. The minimum atomic E-state index is -0.377. The van der Waals surface area contributed by atoms with Crippen molar-refractivity contribution in [2.24, 2.45) is 0 Å². The lowest BCUT2D eigenvalue weighted by molar-refractivity contribution is 0.131. The van der Waals surface area contributed by atoms with Gasteiger partial charge in [-0.25, -0.2) is 4.79 Å². The minimum absolute atomic E-state index is 0.217. The normalized spacial score (nSPS) is 9.57. The number of carbonyl (C=O) groups is 1. The molecular formula is C10H13NO3. The maximum Gasteiger partial charge on any atom is 0.409 e. The summed E-state index contributed by atoms with van der Waals surface area (Å²) < 4.78 is 4.55. The molecule has 76 valence electrons. The number of phenols is 1. The number of carbonyl (C=O) groups excluding carboxylic acids is 1. The van der Waals surface area contributed by atoms with Gasteiger partial charge in [0.2, 0.25) is 0 Å². The average Bonchev–Trinajstić information content (AvgIpc) is 2.20. The van der Waals surface area contributed by atoms with Gasteiger partial charge in [0.25, 0.3) is 0 Å². The summed E-state index contributed by atoms with van der Waals surface area (Å²) in [7, 11) is 2.99. The standard InChI is InChI=1S/C10H13NO3/c1-11(10(13)14-2)7-8-3-5-9(12)6-4-8/h3-6,12H,7H2,1-2H3. The van der Waals surface area contributed by atoms with Gasteiger partial charge in [-0.05, 0) is 17.7 Å². The third kappa shape index (κ3) is 2.65. The summed E-state index contributed by atoms with van der Waals surface area (Å²) >= 11 is 0. The quantitative estimate of drug-likeness (QED) is 0.779. The molecule has 1 aromatic rings. The van der Waals surface area contributed by atoms with E-state index in [0.717, 1.165) is 5.56 Å². The molecule has 0 spiro atoms. The van der Waals surface area contributed by atoms with Crippen molar-refractivity contribution in [3.05, 3.63) is 29.8 Å². The number of hydrogen-bond donors (Lipinski definition) is 1. The Hall–Kier alpha value is -1.71. The number of benzene rings is 1. The van der Waals surface area contributed by atoms with Gasteiger partial charge in [0.1, 0.15) is 5.75 Å². The molecule has 0 aliphatic heterocycles. The summed E-state index contributed by atoms with van der Waals surface area (Å²) in [4.78, 5) is 12.5. The van der Waals surface area contributed by atoms with Gasteiger partial charge in [0.15, 0.2) is 0 Å². The lowest BCUT2D eigenvalue weighted by Gasteiger charge is -2.15. The molecule has 14 heavy (non-hydrogen) atoms. The number of aromatic hydroxyl groups is 1. The number of hydrogen-bond acceptors (Lipinski definition) is 3. The first-order valence-electron chi connectivity index (χ1n) is 4.20. The molecule has 0 aromatic heterocycles. The average molecular weight is 195 g/mol. The number of ether oxygens (including phenoxy) is 1. The highest BCUT2D eigenvalue weighted by molar-refractivity contribution is 5.66. The minimum Gasteiger partial charge on any atom is -0.508 e. The molecule has 0 radical (unpaired) electrons. The summed E-state index contributed by atoms with van der Waals surface area (Å²) in [5.41, 5.74) is 0.940. The zero-order valence-corrected chi connectivity index (χ0v) is 8.23. The number of phenolic OH excluding ortho intramolecular Hbond substituents is 1. The summed E-state index contributed by atoms with van der Waals surface area (Å²) in [6.45, 7) is 0.465. The van der Waals surface area contributed by atoms with Gasteiger partial charge in [0.05, 0.1) is 7.11 Å². The Kier molecular flexibility index (Phi) is 3.34. The van der Waals surface area contributed by atoms with E-state index in [9.17, 15) is 4.79 Å². The van der Waals surface area contributed by atoms with Crippen LogP contribution in [0.1, 0.15) is 5.56 Å². The fourth-order valence-electron chi connectivity index (χ4n) is 1.10. The van der Waals surface area contributed by atoms with Crippen LogP contribution in [-0.2, 0) is 11.3 Å². The molecule has 0 aliphatic carbocycles. The first-order valence-corrected chi connectivity index (χ1v) is 4.20. The van der Waals surface area contributed by atoms with Crippen LogP contribution in [0.2, 0.25) is 0 Å². The SMILES string of the molecule is COC(=O)N(C)Cc1ccc(O)cc1. The van der Waals surface area contributed by atoms with Crippen molar-refractivity contribution in [1.82, 2.24) is 4.90 Å². The van der Waals surface area contributed by atoms with Crippen molar-refractivity contribution < 1.29 is 14.6 Å². The van der Waals surface area contributed by atoms with Crippen molar-refractivity contribution in [3.63, 3.8) is 0 Å². The first kappa shape index (κ1) is 10.4. The molecule has 1 aromatic carbocycles. The van der Waals surface area contributed by atoms with Crippen molar-refractivity contribution in [2.75, 3.05) is 14.2 Å². The number of nitrogens with zero attached hydrogens (tertiary/aromatic N) is 1. The maximum absolute atomic E-state index is 11.0. The highest BCUT2D eigenvalue weighted by Gasteiger charge is 2.07. The second-order valence-electron chi connectivity index (χ2n) is 2.99. The highest BCUT2D eigenvalue weighted by Crippen LogP contribution is 2.11. The second-order valence-corrected chi connectivity index (χ2v) is 2.99. The molecule has 1 rings (SSSR count). The molecular weight excluding hydrogens is 182 g/mol. The van der Waals surface area contributed by atoms with E-state index in [1.807, 2.05) is 0 Å². The van der Waals surface area contributed by atoms with E-state index in [2.05, 4.69) is 4.74 Å². The van der Waals surface area contributed by atoms with E-state index >= 15 is 0 Å². The van der Waals surface area contributed by atoms with Crippen LogP contribution in [0.15, 0.2) is 24.3 Å². The predicted octanol–water partition coefficient (Wildman–Crippen LogP) is 1.59. The summed E-state index contributed by atoms with van der Waals surface area (Å²) in [6, 6.07) is 6.68. The van der Waals surface area contributed by atoms with Crippen molar-refractivity contribution in [1.29, 1.82) is 0 Å². The second kappa shape index (κ2) is 4.50. The Morgan fingerprint density at radius 1 is 1.43 bits per heavy atom. The largest absolute Gasteiger partial charge is 0.508 e. The van der Waals surface area contributed by atoms with Crippen LogP contribution in [0.4, 0.5) is 4.79 Å². The van der Waals surface area contributed by atoms with Crippen LogP contribution < -0.4 is 0 Å². The molecule has 0 fully saturated rings. The van der Waals surface area contributed by atoms with E-state index in [-0.39, 0.29) is 11.8 Å². The van der Waals surface area contributed by atoms with E-state index in [1.165, 1.54) is 12.0 Å². The van der Waals surface area contributed by atoms with Gasteiger partial charge >= 0.3 is 6.09 Å². The molecule has 1 N–H and O–H groups in total. The van der Waals surface area contributed by atoms with Gasteiger partial charge in [-0.15, -0.1) is 0 Å². The Morgan fingerprint density at radius 2 is 2.00 bits per heavy atom. The van der Waals surface area contributed by atoms with E-state index in [0.29, 0.717) is 6.54 Å². The van der Waals surface area contributed by atoms with Crippen LogP contribution in [0.3, 0.4) is 0 Å².